The van der Waals surface area contributed by atoms with E-state index >= 15 is 0 Å². The van der Waals surface area contributed by atoms with Gasteiger partial charge in [0.25, 0.3) is 0 Å². The predicted octanol–water partition coefficient (Wildman–Crippen LogP) is 4.67. The van der Waals surface area contributed by atoms with Crippen LogP contribution in [0.25, 0.3) is 6.08 Å². The molecule has 0 aliphatic rings. The Morgan fingerprint density at radius 3 is 2.75 bits per heavy atom. The van der Waals surface area contributed by atoms with E-state index in [0.29, 0.717) is 12.5 Å². The van der Waals surface area contributed by atoms with Crippen molar-refractivity contribution >= 4 is 28.0 Å². The average molecular weight is 341 g/mol. The molecule has 1 N–H and O–H groups in total. The molecule has 0 fully saturated rings. The van der Waals surface area contributed by atoms with Gasteiger partial charge in [-0.1, -0.05) is 29.8 Å². The van der Waals surface area contributed by atoms with E-state index < -0.39 is 5.97 Å². The van der Waals surface area contributed by atoms with Gasteiger partial charge in [0.2, 0.25) is 0 Å². The topological polar surface area (TPSA) is 46.5 Å². The second kappa shape index (κ2) is 8.10. The minimum Gasteiger partial charge on any atom is -0.493 e. The summed E-state index contributed by atoms with van der Waals surface area (Å²) in [6.07, 6.45) is 4.81. The number of ether oxygens (including phenoxy) is 1. The lowest BCUT2D eigenvalue weighted by Crippen LogP contribution is -2.02. The number of aryl methyl sites for hydroxylation is 1. The third-order valence-electron chi connectivity index (χ3n) is 2.85. The van der Waals surface area contributed by atoms with Gasteiger partial charge in [-0.3, -0.25) is 0 Å². The van der Waals surface area contributed by atoms with Crippen LogP contribution < -0.4 is 4.74 Å². The summed E-state index contributed by atoms with van der Waals surface area (Å²) in [5.74, 6) is 0.457. The van der Waals surface area contributed by atoms with Crippen LogP contribution in [0.3, 0.4) is 0 Å². The van der Waals surface area contributed by atoms with Gasteiger partial charge in [0.1, 0.15) is 5.75 Å². The summed E-state index contributed by atoms with van der Waals surface area (Å²) in [5, 5.41) is 8.74. The van der Waals surface area contributed by atoms with E-state index in [1.807, 2.05) is 19.1 Å². The van der Waals surface area contributed by atoms with Gasteiger partial charge < -0.3 is 9.84 Å². The number of aliphatic carboxylic acids is 1. The first-order chi connectivity index (χ1) is 9.40. The van der Waals surface area contributed by atoms with Gasteiger partial charge in [0.15, 0.2) is 0 Å². The second-order valence-corrected chi connectivity index (χ2v) is 6.11. The molecule has 0 bridgehead atoms. The molecular formula is C16H21BrO3. The molecule has 0 saturated heterocycles. The standard InChI is InChI=1S/C16H21BrO3/c1-11(2)5-4-8-20-16-12(3)9-14(17)10-13(16)6-7-15(18)19/h6-7,9-11H,4-5,8H2,1-3H3,(H,18,19)/b7-6+. The van der Waals surface area contributed by atoms with Crippen molar-refractivity contribution in [2.24, 2.45) is 5.92 Å². The lowest BCUT2D eigenvalue weighted by Gasteiger charge is -2.13. The van der Waals surface area contributed by atoms with Crippen molar-refractivity contribution in [3.8, 4) is 5.75 Å². The van der Waals surface area contributed by atoms with Crippen LogP contribution in [0.2, 0.25) is 0 Å². The molecule has 0 aliphatic carbocycles. The summed E-state index contributed by atoms with van der Waals surface area (Å²) in [4.78, 5) is 10.6. The van der Waals surface area contributed by atoms with Crippen LogP contribution >= 0.6 is 15.9 Å². The summed E-state index contributed by atoms with van der Waals surface area (Å²) in [6.45, 7) is 6.98. The normalized spacial score (nSPS) is 11.2. The van der Waals surface area contributed by atoms with Crippen LogP contribution in [-0.4, -0.2) is 17.7 Å². The third kappa shape index (κ3) is 5.78. The van der Waals surface area contributed by atoms with Crippen molar-refractivity contribution in [1.29, 1.82) is 0 Å². The van der Waals surface area contributed by atoms with E-state index in [9.17, 15) is 4.79 Å². The maximum Gasteiger partial charge on any atom is 0.328 e. The number of carbonyl (C=O) groups is 1. The van der Waals surface area contributed by atoms with Crippen LogP contribution in [-0.2, 0) is 4.79 Å². The molecule has 4 heteroatoms. The van der Waals surface area contributed by atoms with Crippen molar-refractivity contribution in [1.82, 2.24) is 0 Å². The van der Waals surface area contributed by atoms with Gasteiger partial charge >= 0.3 is 5.97 Å². The fraction of sp³-hybridized carbons (Fsp3) is 0.438. The van der Waals surface area contributed by atoms with Gasteiger partial charge in [-0.25, -0.2) is 4.79 Å². The Hall–Kier alpha value is -1.29. The van der Waals surface area contributed by atoms with Crippen LogP contribution in [0.5, 0.6) is 5.75 Å². The van der Waals surface area contributed by atoms with Crippen molar-refractivity contribution in [3.63, 3.8) is 0 Å². The maximum atomic E-state index is 10.6. The Bertz CT molecular complexity index is 493. The summed E-state index contributed by atoms with van der Waals surface area (Å²) in [7, 11) is 0. The SMILES string of the molecule is Cc1cc(Br)cc(/C=C/C(=O)O)c1OCCCC(C)C. The molecule has 0 atom stereocenters. The largest absolute Gasteiger partial charge is 0.493 e. The third-order valence-corrected chi connectivity index (χ3v) is 3.30. The predicted molar refractivity (Wildman–Crippen MR) is 85.1 cm³/mol. The molecule has 0 radical (unpaired) electrons. The molecule has 1 aromatic rings. The number of carboxylic acids is 1. The highest BCUT2D eigenvalue weighted by atomic mass is 79.9. The average Bonchev–Trinajstić information content (AvgIpc) is 2.33. The zero-order valence-corrected chi connectivity index (χ0v) is 13.7. The highest BCUT2D eigenvalue weighted by Crippen LogP contribution is 2.29. The van der Waals surface area contributed by atoms with Crippen molar-refractivity contribution < 1.29 is 14.6 Å². The molecular weight excluding hydrogens is 320 g/mol. The molecule has 3 nitrogen and oxygen atoms in total. The maximum absolute atomic E-state index is 10.6. The second-order valence-electron chi connectivity index (χ2n) is 5.20. The van der Waals surface area contributed by atoms with Gasteiger partial charge in [-0.15, -0.1) is 0 Å². The van der Waals surface area contributed by atoms with E-state index in [2.05, 4.69) is 29.8 Å². The number of hydrogen-bond acceptors (Lipinski definition) is 2. The Balaban J connectivity index is 2.84. The number of hydrogen-bond donors (Lipinski definition) is 1. The molecule has 0 saturated carbocycles. The lowest BCUT2D eigenvalue weighted by molar-refractivity contribution is -0.131. The number of rotatable bonds is 7. The monoisotopic (exact) mass is 340 g/mol. The molecule has 1 rings (SSSR count). The highest BCUT2D eigenvalue weighted by molar-refractivity contribution is 9.10. The van der Waals surface area contributed by atoms with E-state index in [4.69, 9.17) is 9.84 Å². The first kappa shape index (κ1) is 16.8. The van der Waals surface area contributed by atoms with Crippen molar-refractivity contribution in [2.75, 3.05) is 6.61 Å². The molecule has 0 aromatic heterocycles. The molecule has 20 heavy (non-hydrogen) atoms. The Labute approximate surface area is 128 Å². The molecule has 0 heterocycles. The summed E-state index contributed by atoms with van der Waals surface area (Å²) in [5.41, 5.74) is 1.78. The Morgan fingerprint density at radius 1 is 1.45 bits per heavy atom. The van der Waals surface area contributed by atoms with Crippen molar-refractivity contribution in [2.45, 2.75) is 33.6 Å². The quantitative estimate of drug-likeness (QED) is 0.579. The van der Waals surface area contributed by atoms with Gasteiger partial charge in [0, 0.05) is 16.1 Å². The van der Waals surface area contributed by atoms with E-state index in [-0.39, 0.29) is 0 Å². The molecule has 0 unspecified atom stereocenters. The zero-order valence-electron chi connectivity index (χ0n) is 12.1. The first-order valence-electron chi connectivity index (χ1n) is 6.74. The van der Waals surface area contributed by atoms with Crippen LogP contribution in [0.4, 0.5) is 0 Å². The number of halogens is 1. The smallest absolute Gasteiger partial charge is 0.328 e. The van der Waals surface area contributed by atoms with E-state index in [1.165, 1.54) is 0 Å². The molecule has 0 spiro atoms. The van der Waals surface area contributed by atoms with Gasteiger partial charge in [-0.05, 0) is 49.5 Å². The van der Waals surface area contributed by atoms with E-state index in [1.54, 1.807) is 6.08 Å². The minimum absolute atomic E-state index is 0.647. The Kier molecular flexibility index (Phi) is 6.79. The van der Waals surface area contributed by atoms with E-state index in [0.717, 1.165) is 40.3 Å². The summed E-state index contributed by atoms with van der Waals surface area (Å²) < 4.78 is 6.75. The van der Waals surface area contributed by atoms with Crippen LogP contribution in [0.15, 0.2) is 22.7 Å². The molecule has 0 amide bonds. The molecule has 1 aromatic carbocycles. The fourth-order valence-electron chi connectivity index (χ4n) is 1.90. The number of carboxylic acid groups (broad SMARTS) is 1. The summed E-state index contributed by atoms with van der Waals surface area (Å²) >= 11 is 3.42. The van der Waals surface area contributed by atoms with Crippen molar-refractivity contribution in [3.05, 3.63) is 33.8 Å². The zero-order chi connectivity index (χ0) is 15.1. The number of benzene rings is 1. The molecule has 0 aliphatic heterocycles. The first-order valence-corrected chi connectivity index (χ1v) is 7.53. The fourth-order valence-corrected chi connectivity index (χ4v) is 2.49. The van der Waals surface area contributed by atoms with Gasteiger partial charge in [0.05, 0.1) is 6.61 Å². The Morgan fingerprint density at radius 2 is 2.15 bits per heavy atom. The van der Waals surface area contributed by atoms with Crippen LogP contribution in [0.1, 0.15) is 37.8 Å². The highest BCUT2D eigenvalue weighted by Gasteiger charge is 2.08. The van der Waals surface area contributed by atoms with Gasteiger partial charge in [-0.2, -0.15) is 0 Å². The summed E-state index contributed by atoms with van der Waals surface area (Å²) in [6, 6.07) is 3.83. The minimum atomic E-state index is -0.964. The molecule has 110 valence electrons. The van der Waals surface area contributed by atoms with Crippen LogP contribution in [0, 0.1) is 12.8 Å². The lowest BCUT2D eigenvalue weighted by atomic mass is 10.1.